The lowest BCUT2D eigenvalue weighted by atomic mass is 9.59. The van der Waals surface area contributed by atoms with Crippen molar-refractivity contribution in [2.24, 2.45) is 84.3 Å². The van der Waals surface area contributed by atoms with Gasteiger partial charge in [0.2, 0.25) is 11.8 Å². The van der Waals surface area contributed by atoms with Gasteiger partial charge in [-0.2, -0.15) is 0 Å². The van der Waals surface area contributed by atoms with E-state index in [1.165, 1.54) is 0 Å². The number of carboxylic acid groups (broad SMARTS) is 1. The van der Waals surface area contributed by atoms with Crippen LogP contribution in [0.25, 0.3) is 6.08 Å². The summed E-state index contributed by atoms with van der Waals surface area (Å²) in [4.78, 5) is 109. The number of thioether (sulfide) groups is 1. The molecule has 17 nitrogen and oxygen atoms in total. The van der Waals surface area contributed by atoms with Gasteiger partial charge < -0.3 is 44.8 Å². The Morgan fingerprint density at radius 2 is 1.06 bits per heavy atom. The zero-order valence-electron chi connectivity index (χ0n) is 63.6. The normalized spacial score (nSPS) is 22.9. The van der Waals surface area contributed by atoms with Gasteiger partial charge in [0.25, 0.3) is 0 Å². The predicted molar refractivity (Wildman–Crippen MR) is 383 cm³/mol. The first-order valence-electron chi connectivity index (χ1n) is 36.0. The number of carboxylic acids is 1. The second-order valence-electron chi connectivity index (χ2n) is 34.0. The van der Waals surface area contributed by atoms with Crippen molar-refractivity contribution >= 4 is 71.2 Å². The fourth-order valence-corrected chi connectivity index (χ4v) is 15.9. The number of amidine groups is 1. The van der Waals surface area contributed by atoms with Gasteiger partial charge >= 0.3 is 29.8 Å². The third-order valence-electron chi connectivity index (χ3n) is 21.9. The number of aliphatic imine (C=N–C) groups is 1. The number of aromatic nitrogens is 1. The van der Waals surface area contributed by atoms with Gasteiger partial charge in [-0.3, -0.25) is 24.0 Å². The largest absolute Gasteiger partial charge is 0.481 e. The number of nitrogens with one attached hydrogen (secondary N) is 3. The first kappa shape index (κ1) is 82.5. The molecule has 6 unspecified atom stereocenters. The van der Waals surface area contributed by atoms with E-state index in [4.69, 9.17) is 23.9 Å². The van der Waals surface area contributed by atoms with Crippen molar-refractivity contribution in [3.05, 3.63) is 33.7 Å². The molecular weight excluding hydrogens is 1220 g/mol. The first-order valence-corrected chi connectivity index (χ1v) is 37.0. The molecule has 0 bridgehead atoms. The number of aliphatic carboxylic acids is 1. The average Bonchev–Trinajstić information content (AvgIpc) is 1.71. The van der Waals surface area contributed by atoms with E-state index in [2.05, 4.69) is 113 Å². The molecule has 6 atom stereocenters. The van der Waals surface area contributed by atoms with Crippen molar-refractivity contribution in [1.82, 2.24) is 10.3 Å². The molecule has 5 N–H and O–H groups in total. The number of nitrogens with zero attached hydrogens (tertiary/aromatic N) is 1. The summed E-state index contributed by atoms with van der Waals surface area (Å²) in [5, 5.41) is 25.7. The maximum atomic E-state index is 15.9. The van der Waals surface area contributed by atoms with Crippen molar-refractivity contribution in [2.75, 3.05) is 24.3 Å². The van der Waals surface area contributed by atoms with Crippen LogP contribution in [0.1, 0.15) is 291 Å². The number of ether oxygens (including phenoxy) is 4. The van der Waals surface area contributed by atoms with Gasteiger partial charge in [0, 0.05) is 40.2 Å². The van der Waals surface area contributed by atoms with Gasteiger partial charge in [0.05, 0.1) is 17.5 Å². The molecule has 0 radical (unpaired) electrons. The van der Waals surface area contributed by atoms with E-state index in [0.717, 1.165) is 37.4 Å². The number of allylic oxidation sites excluding steroid dienone is 1. The maximum absolute atomic E-state index is 15.9. The van der Waals surface area contributed by atoms with Crippen LogP contribution in [0, 0.1) is 79.3 Å². The Bertz CT molecular complexity index is 2870. The van der Waals surface area contributed by atoms with Gasteiger partial charge in [0.15, 0.2) is 0 Å². The van der Waals surface area contributed by atoms with Crippen molar-refractivity contribution < 1.29 is 62.7 Å². The number of carbonyl (C=O) groups is 7. The van der Waals surface area contributed by atoms with Crippen LogP contribution in [0.2, 0.25) is 0 Å². The minimum Gasteiger partial charge on any atom is -0.481 e. The Morgan fingerprint density at radius 1 is 0.621 bits per heavy atom. The van der Waals surface area contributed by atoms with Crippen molar-refractivity contribution in [3.63, 3.8) is 0 Å². The smallest absolute Gasteiger partial charge is 0.342 e. The van der Waals surface area contributed by atoms with Crippen LogP contribution in [-0.4, -0.2) is 105 Å². The van der Waals surface area contributed by atoms with Crippen molar-refractivity contribution in [1.29, 1.82) is 0 Å². The van der Waals surface area contributed by atoms with Gasteiger partial charge in [-0.15, -0.1) is 11.8 Å². The Hall–Kier alpha value is -4.97. The van der Waals surface area contributed by atoms with Gasteiger partial charge in [-0.05, 0) is 159 Å². The number of hydrogen-bond donors (Lipinski definition) is 5. The Labute approximate surface area is 576 Å². The molecule has 4 rings (SSSR count). The molecule has 540 valence electrons. The molecule has 2 fully saturated rings. The molecule has 0 saturated heterocycles. The van der Waals surface area contributed by atoms with E-state index in [0.29, 0.717) is 85.7 Å². The summed E-state index contributed by atoms with van der Waals surface area (Å²) in [6, 6.07) is 0. The summed E-state index contributed by atoms with van der Waals surface area (Å²) in [6.07, 6.45) is 6.26. The van der Waals surface area contributed by atoms with Crippen LogP contribution in [0.4, 0.5) is 5.82 Å². The van der Waals surface area contributed by atoms with Gasteiger partial charge in [-0.1, -0.05) is 166 Å². The minimum atomic E-state index is -1.32. The number of hydrogen-bond acceptors (Lipinski definition) is 14. The second kappa shape index (κ2) is 33.3. The van der Waals surface area contributed by atoms with Crippen LogP contribution in [0.3, 0.4) is 0 Å². The molecule has 3 aliphatic rings. The van der Waals surface area contributed by atoms with Crippen LogP contribution in [0.5, 0.6) is 0 Å². The highest BCUT2D eigenvalue weighted by Gasteiger charge is 2.51. The molecule has 2 amide bonds. The highest BCUT2D eigenvalue weighted by molar-refractivity contribution is 8.00. The minimum absolute atomic E-state index is 0.00146. The van der Waals surface area contributed by atoms with Gasteiger partial charge in [0.1, 0.15) is 59.6 Å². The zero-order chi connectivity index (χ0) is 72.5. The second-order valence-corrected chi connectivity index (χ2v) is 35.3. The van der Waals surface area contributed by atoms with E-state index < -0.39 is 89.3 Å². The number of aliphatic hydroxyl groups excluding tert-OH is 1. The molecule has 18 heteroatoms. The van der Waals surface area contributed by atoms with Crippen LogP contribution in [-0.2, 0) is 47.7 Å². The molecule has 0 aromatic carbocycles. The summed E-state index contributed by atoms with van der Waals surface area (Å²) >= 11 is 1.09. The summed E-state index contributed by atoms with van der Waals surface area (Å²) < 4.78 is 24.7. The molecule has 2 saturated carbocycles. The molecule has 2 aliphatic carbocycles. The predicted octanol–water partition coefficient (Wildman–Crippen LogP) is 17.1. The lowest BCUT2D eigenvalue weighted by molar-refractivity contribution is -0.164. The monoisotopic (exact) mass is 1350 g/mol. The fourth-order valence-electron chi connectivity index (χ4n) is 14.9. The summed E-state index contributed by atoms with van der Waals surface area (Å²) in [5.74, 6) is -3.55. The van der Waals surface area contributed by atoms with Crippen LogP contribution in [0.15, 0.2) is 21.8 Å². The van der Waals surface area contributed by atoms with E-state index in [9.17, 15) is 29.4 Å². The summed E-state index contributed by atoms with van der Waals surface area (Å²) in [7, 11) is 0. The number of rotatable bonds is 29. The quantitative estimate of drug-likeness (QED) is 0.0284. The Morgan fingerprint density at radius 3 is 1.47 bits per heavy atom. The van der Waals surface area contributed by atoms with Gasteiger partial charge in [-0.25, -0.2) is 14.6 Å². The lowest BCUT2D eigenvalue weighted by Gasteiger charge is -2.50. The van der Waals surface area contributed by atoms with Crippen molar-refractivity contribution in [2.45, 2.75) is 293 Å². The van der Waals surface area contributed by atoms with E-state index in [1.54, 1.807) is 13.8 Å². The number of anilines is 1. The highest BCUT2D eigenvalue weighted by atomic mass is 32.2. The number of H-pyrrole nitrogens is 1. The molecule has 2 heterocycles. The van der Waals surface area contributed by atoms with Crippen LogP contribution < -0.4 is 10.6 Å². The molecule has 1 aromatic heterocycles. The number of esters is 4. The first-order chi connectivity index (χ1) is 43.7. The standard InChI is InChI=1S/C77H128N4O13S/c1-27-75(25,26)70(90)92-43-48(82)42-91-65(85)55(41-56(83)84)95-35-33-34-77(31-5,32-6)69(89)81-64-60(67(87)94-62-51(73(19,20)21)38-47(12)39-52(62)74(22,23)24)58(45(9)10)54(79-64)40-53-57(44(7)8)59(63(78-53)80-68(88)76(28-2,29-3)30-4)66(86)93-61-49(71(13,14)15)36-46(11)37-50(61)72(16,17)18/h40,44-52,55,61-62,78,82H,27-39,41-43H2,1-26H3,(H,80,88)(H,83,84)(H,79,81,89). The number of aromatic amines is 1. The molecular formula is C77H128N4O13S. The fraction of sp³-hybridized carbons (Fsp3) is 0.792. The third kappa shape index (κ3) is 20.6. The maximum Gasteiger partial charge on any atom is 0.342 e. The molecule has 95 heavy (non-hydrogen) atoms. The highest BCUT2D eigenvalue weighted by Crippen LogP contribution is 2.53. The number of aliphatic hydroxyl groups is 1. The molecule has 1 aromatic rings. The zero-order valence-corrected chi connectivity index (χ0v) is 64.4. The molecule has 0 spiro atoms. The average molecular weight is 1350 g/mol. The summed E-state index contributed by atoms with van der Waals surface area (Å²) in [5.41, 5.74) is -1.02. The number of carbonyl (C=O) groups excluding carboxylic acids is 6. The molecule has 1 aliphatic heterocycles. The Balaban J connectivity index is 1.95. The summed E-state index contributed by atoms with van der Waals surface area (Å²) in [6.45, 7) is 53.3. The van der Waals surface area contributed by atoms with E-state index in [-0.39, 0.29) is 97.5 Å². The topological polar surface area (TPSA) is 249 Å². The lowest BCUT2D eigenvalue weighted by Crippen LogP contribution is -2.50. The third-order valence-corrected chi connectivity index (χ3v) is 23.2. The van der Waals surface area contributed by atoms with Crippen LogP contribution >= 0.6 is 11.8 Å². The SMILES string of the molecule is CCC(C)(C)C(=O)OCC(O)COC(=O)C(CC(=O)O)SCCCC(CC)(CC)C(=O)NC1=NC(=Cc2[nH]c(NC(=O)C(CC)(CC)CC)c(C(=O)OC3C(C(C)(C)C)CC(C)CC3C(C)(C)C)c2C(C)C)C(C(C)C)=C1C(=O)OC1C(C(C)(C)C)CC(C)CC1C(C)(C)C. The van der Waals surface area contributed by atoms with E-state index >= 15 is 14.4 Å². The van der Waals surface area contributed by atoms with Crippen molar-refractivity contribution in [3.8, 4) is 0 Å². The number of amides is 2. The van der Waals surface area contributed by atoms with E-state index in [1.807, 2.05) is 75.3 Å². The Kier molecular flexibility index (Phi) is 28.9.